The monoisotopic (exact) mass is 278 g/mol. The molecule has 2 fully saturated rings. The molecular weight excluding hydrogens is 252 g/mol. The molecule has 0 radical (unpaired) electrons. The standard InChI is InChI=1S/C16H26N2S/c1-16(2)8-3-9-18(12-16)11-15-7-6-14(19-15)10-17-13-4-5-13/h6-7,13,17H,3-5,8-12H2,1-2H3. The Morgan fingerprint density at radius 2 is 2.11 bits per heavy atom. The zero-order valence-electron chi connectivity index (χ0n) is 12.2. The summed E-state index contributed by atoms with van der Waals surface area (Å²) in [6, 6.07) is 5.45. The summed E-state index contributed by atoms with van der Waals surface area (Å²) in [7, 11) is 0. The summed E-state index contributed by atoms with van der Waals surface area (Å²) in [6.45, 7) is 9.55. The fraction of sp³-hybridized carbons (Fsp3) is 0.750. The van der Waals surface area contributed by atoms with Crippen molar-refractivity contribution in [3.8, 4) is 0 Å². The largest absolute Gasteiger partial charge is 0.309 e. The van der Waals surface area contributed by atoms with Crippen LogP contribution in [0.3, 0.4) is 0 Å². The first-order valence-electron chi connectivity index (χ1n) is 7.64. The molecule has 2 aliphatic rings. The van der Waals surface area contributed by atoms with Gasteiger partial charge in [-0.05, 0) is 49.8 Å². The predicted octanol–water partition coefficient (Wildman–Crippen LogP) is 3.62. The van der Waals surface area contributed by atoms with Crippen LogP contribution in [0.2, 0.25) is 0 Å². The first kappa shape index (κ1) is 13.6. The summed E-state index contributed by atoms with van der Waals surface area (Å²) in [5.41, 5.74) is 0.506. The van der Waals surface area contributed by atoms with Gasteiger partial charge in [0.15, 0.2) is 0 Å². The quantitative estimate of drug-likeness (QED) is 0.885. The van der Waals surface area contributed by atoms with Crippen molar-refractivity contribution in [1.29, 1.82) is 0 Å². The van der Waals surface area contributed by atoms with Crippen molar-refractivity contribution in [2.45, 2.75) is 58.7 Å². The maximum absolute atomic E-state index is 3.60. The first-order valence-corrected chi connectivity index (χ1v) is 8.46. The van der Waals surface area contributed by atoms with E-state index in [1.54, 1.807) is 0 Å². The van der Waals surface area contributed by atoms with E-state index in [0.29, 0.717) is 5.41 Å². The molecule has 0 aromatic carbocycles. The number of thiophene rings is 1. The minimum atomic E-state index is 0.506. The fourth-order valence-electron chi connectivity index (χ4n) is 3.03. The van der Waals surface area contributed by atoms with Gasteiger partial charge in [-0.25, -0.2) is 0 Å². The highest BCUT2D eigenvalue weighted by atomic mass is 32.1. The van der Waals surface area contributed by atoms with Gasteiger partial charge in [0.25, 0.3) is 0 Å². The SMILES string of the molecule is CC1(C)CCCN(Cc2ccc(CNC3CC3)s2)C1. The van der Waals surface area contributed by atoms with Crippen LogP contribution in [0.4, 0.5) is 0 Å². The molecule has 0 spiro atoms. The molecule has 0 amide bonds. The Morgan fingerprint density at radius 1 is 1.32 bits per heavy atom. The maximum Gasteiger partial charge on any atom is 0.0328 e. The Labute approximate surface area is 121 Å². The van der Waals surface area contributed by atoms with Gasteiger partial charge >= 0.3 is 0 Å². The lowest BCUT2D eigenvalue weighted by molar-refractivity contribution is 0.112. The van der Waals surface area contributed by atoms with Gasteiger partial charge in [0, 0.05) is 35.4 Å². The van der Waals surface area contributed by atoms with Crippen LogP contribution in [-0.2, 0) is 13.1 Å². The summed E-state index contributed by atoms with van der Waals surface area (Å²) in [5, 5.41) is 3.60. The number of nitrogens with zero attached hydrogens (tertiary/aromatic N) is 1. The number of hydrogen-bond acceptors (Lipinski definition) is 3. The Bertz CT molecular complexity index is 420. The number of rotatable bonds is 5. The molecule has 1 aliphatic carbocycles. The number of hydrogen-bond donors (Lipinski definition) is 1. The molecule has 19 heavy (non-hydrogen) atoms. The van der Waals surface area contributed by atoms with Crippen molar-refractivity contribution < 1.29 is 0 Å². The van der Waals surface area contributed by atoms with Crippen molar-refractivity contribution in [2.75, 3.05) is 13.1 Å². The third kappa shape index (κ3) is 4.04. The van der Waals surface area contributed by atoms with E-state index in [1.165, 1.54) is 48.5 Å². The smallest absolute Gasteiger partial charge is 0.0328 e. The zero-order valence-corrected chi connectivity index (χ0v) is 13.1. The summed E-state index contributed by atoms with van der Waals surface area (Å²) < 4.78 is 0. The topological polar surface area (TPSA) is 15.3 Å². The molecule has 3 heteroatoms. The molecule has 1 saturated carbocycles. The Kier molecular flexibility index (Phi) is 3.97. The highest BCUT2D eigenvalue weighted by molar-refractivity contribution is 7.11. The van der Waals surface area contributed by atoms with E-state index in [9.17, 15) is 0 Å². The van der Waals surface area contributed by atoms with Crippen LogP contribution >= 0.6 is 11.3 Å². The number of piperidine rings is 1. The molecule has 1 aromatic heterocycles. The van der Waals surface area contributed by atoms with Gasteiger partial charge < -0.3 is 5.32 Å². The van der Waals surface area contributed by atoms with Crippen LogP contribution < -0.4 is 5.32 Å². The molecule has 0 atom stereocenters. The third-order valence-corrected chi connectivity index (χ3v) is 5.29. The predicted molar refractivity (Wildman–Crippen MR) is 82.5 cm³/mol. The maximum atomic E-state index is 3.60. The van der Waals surface area contributed by atoms with Gasteiger partial charge in [-0.2, -0.15) is 0 Å². The summed E-state index contributed by atoms with van der Waals surface area (Å²) in [4.78, 5) is 5.66. The van der Waals surface area contributed by atoms with E-state index in [2.05, 4.69) is 36.2 Å². The van der Waals surface area contributed by atoms with E-state index in [4.69, 9.17) is 0 Å². The second kappa shape index (κ2) is 5.55. The van der Waals surface area contributed by atoms with Crippen molar-refractivity contribution in [3.63, 3.8) is 0 Å². The van der Waals surface area contributed by atoms with Crippen LogP contribution in [0.25, 0.3) is 0 Å². The second-order valence-electron chi connectivity index (χ2n) is 7.00. The van der Waals surface area contributed by atoms with Crippen molar-refractivity contribution in [3.05, 3.63) is 21.9 Å². The number of nitrogens with one attached hydrogen (secondary N) is 1. The van der Waals surface area contributed by atoms with E-state index in [0.717, 1.165) is 19.1 Å². The molecule has 2 heterocycles. The van der Waals surface area contributed by atoms with Gasteiger partial charge in [0.2, 0.25) is 0 Å². The van der Waals surface area contributed by atoms with Gasteiger partial charge in [-0.1, -0.05) is 13.8 Å². The molecule has 1 saturated heterocycles. The highest BCUT2D eigenvalue weighted by Gasteiger charge is 2.26. The minimum Gasteiger partial charge on any atom is -0.309 e. The fourth-order valence-corrected chi connectivity index (χ4v) is 4.05. The van der Waals surface area contributed by atoms with Crippen LogP contribution in [-0.4, -0.2) is 24.0 Å². The van der Waals surface area contributed by atoms with Gasteiger partial charge in [-0.15, -0.1) is 11.3 Å². The first-order chi connectivity index (χ1) is 9.11. The average molecular weight is 278 g/mol. The van der Waals surface area contributed by atoms with Crippen molar-refractivity contribution in [2.24, 2.45) is 5.41 Å². The molecule has 3 rings (SSSR count). The molecule has 1 N–H and O–H groups in total. The summed E-state index contributed by atoms with van der Waals surface area (Å²) >= 11 is 1.99. The summed E-state index contributed by atoms with van der Waals surface area (Å²) in [6.07, 6.45) is 5.49. The van der Waals surface area contributed by atoms with Gasteiger partial charge in [-0.3, -0.25) is 4.90 Å². The van der Waals surface area contributed by atoms with E-state index in [-0.39, 0.29) is 0 Å². The third-order valence-electron chi connectivity index (χ3n) is 4.22. The highest BCUT2D eigenvalue weighted by Crippen LogP contribution is 2.30. The lowest BCUT2D eigenvalue weighted by Gasteiger charge is -2.37. The Morgan fingerprint density at radius 3 is 2.84 bits per heavy atom. The van der Waals surface area contributed by atoms with Crippen molar-refractivity contribution >= 4 is 11.3 Å². The molecule has 1 aromatic rings. The molecule has 1 aliphatic heterocycles. The molecule has 106 valence electrons. The van der Waals surface area contributed by atoms with E-state index < -0.39 is 0 Å². The lowest BCUT2D eigenvalue weighted by Crippen LogP contribution is -2.39. The second-order valence-corrected chi connectivity index (χ2v) is 8.25. The lowest BCUT2D eigenvalue weighted by atomic mass is 9.84. The molecule has 0 bridgehead atoms. The number of likely N-dealkylation sites (tertiary alicyclic amines) is 1. The minimum absolute atomic E-state index is 0.506. The summed E-state index contributed by atoms with van der Waals surface area (Å²) in [5.74, 6) is 0. The van der Waals surface area contributed by atoms with Crippen LogP contribution in [0.5, 0.6) is 0 Å². The van der Waals surface area contributed by atoms with Crippen LogP contribution in [0.1, 0.15) is 49.3 Å². The molecule has 0 unspecified atom stereocenters. The van der Waals surface area contributed by atoms with Crippen LogP contribution in [0, 0.1) is 5.41 Å². The van der Waals surface area contributed by atoms with E-state index in [1.807, 2.05) is 11.3 Å². The van der Waals surface area contributed by atoms with Crippen molar-refractivity contribution in [1.82, 2.24) is 10.2 Å². The zero-order chi connectivity index (χ0) is 13.3. The van der Waals surface area contributed by atoms with Gasteiger partial charge in [0.05, 0.1) is 0 Å². The van der Waals surface area contributed by atoms with Crippen LogP contribution in [0.15, 0.2) is 12.1 Å². The Hall–Kier alpha value is -0.380. The van der Waals surface area contributed by atoms with E-state index >= 15 is 0 Å². The molecular formula is C16H26N2S. The average Bonchev–Trinajstić information content (AvgIpc) is 3.06. The molecule has 2 nitrogen and oxygen atoms in total. The normalized spacial score (nSPS) is 23.7. The van der Waals surface area contributed by atoms with Gasteiger partial charge in [0.1, 0.15) is 0 Å². The Balaban J connectivity index is 1.51.